The zero-order valence-corrected chi connectivity index (χ0v) is 13.0. The van der Waals surface area contributed by atoms with Crippen molar-refractivity contribution in [1.29, 1.82) is 0 Å². The fraction of sp³-hybridized carbons (Fsp3) is 0.571. The molecule has 1 unspecified atom stereocenters. The molecule has 1 fully saturated rings. The predicted molar refractivity (Wildman–Crippen MR) is 85.5 cm³/mol. The van der Waals surface area contributed by atoms with E-state index in [0.717, 1.165) is 18.3 Å². The minimum absolute atomic E-state index is 0.168. The lowest BCUT2D eigenvalue weighted by molar-refractivity contribution is 0.0972. The minimum Gasteiger partial charge on any atom is -0.454 e. The maximum Gasteiger partial charge on any atom is 0.284 e. The number of hydrogen-bond donors (Lipinski definition) is 3. The summed E-state index contributed by atoms with van der Waals surface area (Å²) in [6.45, 7) is 3.21. The molecule has 0 aliphatic carbocycles. The van der Waals surface area contributed by atoms with E-state index in [1.807, 2.05) is 18.7 Å². The summed E-state index contributed by atoms with van der Waals surface area (Å²) in [5.74, 6) is 3.36. The molecule has 4 N–H and O–H groups in total. The molecule has 1 aromatic heterocycles. The van der Waals surface area contributed by atoms with Gasteiger partial charge in [0.2, 0.25) is 0 Å². The molecule has 116 valence electrons. The summed E-state index contributed by atoms with van der Waals surface area (Å²) in [5, 5.41) is 6.67. The molecule has 1 aliphatic heterocycles. The topological polar surface area (TPSA) is 92.6 Å². The number of furan rings is 1. The quantitative estimate of drug-likeness (QED) is 0.563. The van der Waals surface area contributed by atoms with Gasteiger partial charge in [0.15, 0.2) is 11.7 Å². The minimum atomic E-state index is -0.561. The summed E-state index contributed by atoms with van der Waals surface area (Å²) in [6, 6.07) is 3.76. The zero-order valence-electron chi connectivity index (χ0n) is 12.2. The van der Waals surface area contributed by atoms with Crippen LogP contribution in [0.1, 0.15) is 36.1 Å². The van der Waals surface area contributed by atoms with E-state index >= 15 is 0 Å². The third-order valence-corrected chi connectivity index (χ3v) is 4.36. The van der Waals surface area contributed by atoms with Crippen LogP contribution in [0.25, 0.3) is 0 Å². The van der Waals surface area contributed by atoms with Gasteiger partial charge in [-0.15, -0.1) is 0 Å². The second-order valence-corrected chi connectivity index (χ2v) is 6.03. The van der Waals surface area contributed by atoms with Crippen LogP contribution >= 0.6 is 11.8 Å². The summed E-state index contributed by atoms with van der Waals surface area (Å²) in [6.07, 6.45) is 2.41. The standard InChI is InChI=1S/C14H22N4O2S/c1-2-16-14(18-10-4-3-7-21-9-10)17-8-11-5-6-12(20-11)13(15)19/h5-6,10H,2-4,7-9H2,1H3,(H2,15,19)(H2,16,17,18). The normalized spacial score (nSPS) is 19.3. The van der Waals surface area contributed by atoms with Crippen LogP contribution in [0.2, 0.25) is 0 Å². The summed E-state index contributed by atoms with van der Waals surface area (Å²) >= 11 is 1.97. The molecule has 1 aromatic rings. The first-order chi connectivity index (χ1) is 10.2. The predicted octanol–water partition coefficient (Wildman–Crippen LogP) is 1.33. The molecule has 2 heterocycles. The molecular weight excluding hydrogens is 288 g/mol. The van der Waals surface area contributed by atoms with Crippen molar-refractivity contribution in [2.24, 2.45) is 10.7 Å². The maximum absolute atomic E-state index is 11.0. The Labute approximate surface area is 128 Å². The van der Waals surface area contributed by atoms with Gasteiger partial charge in [-0.1, -0.05) is 0 Å². The second kappa shape index (κ2) is 7.97. The van der Waals surface area contributed by atoms with Crippen LogP contribution < -0.4 is 16.4 Å². The van der Waals surface area contributed by atoms with E-state index in [9.17, 15) is 4.79 Å². The number of guanidine groups is 1. The lowest BCUT2D eigenvalue weighted by atomic mass is 10.2. The van der Waals surface area contributed by atoms with Gasteiger partial charge in [-0.05, 0) is 37.7 Å². The fourth-order valence-electron chi connectivity index (χ4n) is 2.12. The monoisotopic (exact) mass is 310 g/mol. The highest BCUT2D eigenvalue weighted by Gasteiger charge is 2.15. The van der Waals surface area contributed by atoms with Crippen LogP contribution in [0.15, 0.2) is 21.5 Å². The highest BCUT2D eigenvalue weighted by Crippen LogP contribution is 2.16. The highest BCUT2D eigenvalue weighted by atomic mass is 32.2. The molecule has 0 spiro atoms. The summed E-state index contributed by atoms with van der Waals surface area (Å²) in [4.78, 5) is 15.5. The largest absolute Gasteiger partial charge is 0.454 e. The molecule has 1 atom stereocenters. The van der Waals surface area contributed by atoms with E-state index in [-0.39, 0.29) is 5.76 Å². The number of nitrogens with zero attached hydrogens (tertiary/aromatic N) is 1. The van der Waals surface area contributed by atoms with Crippen molar-refractivity contribution in [3.63, 3.8) is 0 Å². The van der Waals surface area contributed by atoms with Crippen molar-refractivity contribution in [1.82, 2.24) is 10.6 Å². The zero-order chi connectivity index (χ0) is 15.1. The number of nitrogens with two attached hydrogens (primary N) is 1. The molecule has 0 bridgehead atoms. The molecule has 1 saturated heterocycles. The fourth-order valence-corrected chi connectivity index (χ4v) is 3.19. The SMILES string of the molecule is CCNC(=NCc1ccc(C(N)=O)o1)NC1CCCSC1. The van der Waals surface area contributed by atoms with E-state index in [0.29, 0.717) is 18.3 Å². The smallest absolute Gasteiger partial charge is 0.284 e. The molecule has 2 rings (SSSR count). The van der Waals surface area contributed by atoms with Crippen LogP contribution in [0.4, 0.5) is 0 Å². The first-order valence-electron chi connectivity index (χ1n) is 7.20. The Kier molecular flexibility index (Phi) is 5.98. The molecule has 0 radical (unpaired) electrons. The molecule has 21 heavy (non-hydrogen) atoms. The Bertz CT molecular complexity index is 495. The molecule has 1 amide bonds. The van der Waals surface area contributed by atoms with Gasteiger partial charge in [-0.25, -0.2) is 4.99 Å². The van der Waals surface area contributed by atoms with Crippen molar-refractivity contribution >= 4 is 23.6 Å². The number of nitrogens with one attached hydrogen (secondary N) is 2. The van der Waals surface area contributed by atoms with Crippen molar-refractivity contribution in [2.45, 2.75) is 32.4 Å². The summed E-state index contributed by atoms with van der Waals surface area (Å²) in [5.41, 5.74) is 5.16. The van der Waals surface area contributed by atoms with Gasteiger partial charge in [0.1, 0.15) is 12.3 Å². The van der Waals surface area contributed by atoms with Gasteiger partial charge in [-0.2, -0.15) is 11.8 Å². The highest BCUT2D eigenvalue weighted by molar-refractivity contribution is 7.99. The molecule has 0 saturated carbocycles. The van der Waals surface area contributed by atoms with Crippen LogP contribution in [-0.4, -0.2) is 36.0 Å². The Morgan fingerprint density at radius 2 is 2.43 bits per heavy atom. The Hall–Kier alpha value is -1.63. The van der Waals surface area contributed by atoms with E-state index in [1.54, 1.807) is 12.1 Å². The van der Waals surface area contributed by atoms with E-state index in [1.165, 1.54) is 18.6 Å². The van der Waals surface area contributed by atoms with Crippen LogP contribution in [-0.2, 0) is 6.54 Å². The first-order valence-corrected chi connectivity index (χ1v) is 8.35. The van der Waals surface area contributed by atoms with Crippen molar-refractivity contribution in [3.8, 4) is 0 Å². The number of primary amides is 1. The molecule has 1 aliphatic rings. The maximum atomic E-state index is 11.0. The third-order valence-electron chi connectivity index (χ3n) is 3.14. The molecule has 0 aromatic carbocycles. The molecular formula is C14H22N4O2S. The van der Waals surface area contributed by atoms with Gasteiger partial charge < -0.3 is 20.8 Å². The van der Waals surface area contributed by atoms with Crippen LogP contribution in [0.5, 0.6) is 0 Å². The number of amides is 1. The Morgan fingerprint density at radius 3 is 3.05 bits per heavy atom. The van der Waals surface area contributed by atoms with Crippen LogP contribution in [0.3, 0.4) is 0 Å². The lowest BCUT2D eigenvalue weighted by Crippen LogP contribution is -2.45. The van der Waals surface area contributed by atoms with Gasteiger partial charge in [0, 0.05) is 18.3 Å². The Balaban J connectivity index is 1.93. The average molecular weight is 310 g/mol. The summed E-state index contributed by atoms with van der Waals surface area (Å²) in [7, 11) is 0. The lowest BCUT2D eigenvalue weighted by Gasteiger charge is -2.24. The number of thioether (sulfide) groups is 1. The number of rotatable bonds is 5. The number of carbonyl (C=O) groups is 1. The van der Waals surface area contributed by atoms with E-state index in [4.69, 9.17) is 10.2 Å². The average Bonchev–Trinajstić information content (AvgIpc) is 2.95. The number of hydrogen-bond acceptors (Lipinski definition) is 4. The van der Waals surface area contributed by atoms with Gasteiger partial charge in [-0.3, -0.25) is 4.79 Å². The number of carbonyl (C=O) groups excluding carboxylic acids is 1. The van der Waals surface area contributed by atoms with Gasteiger partial charge >= 0.3 is 0 Å². The van der Waals surface area contributed by atoms with Gasteiger partial charge in [0.25, 0.3) is 5.91 Å². The van der Waals surface area contributed by atoms with Gasteiger partial charge in [0.05, 0.1) is 0 Å². The third kappa shape index (κ3) is 5.00. The molecule has 7 heteroatoms. The van der Waals surface area contributed by atoms with Crippen molar-refractivity contribution in [3.05, 3.63) is 23.7 Å². The Morgan fingerprint density at radius 1 is 1.57 bits per heavy atom. The number of aliphatic imine (C=N–C) groups is 1. The second-order valence-electron chi connectivity index (χ2n) is 4.88. The van der Waals surface area contributed by atoms with E-state index in [2.05, 4.69) is 15.6 Å². The van der Waals surface area contributed by atoms with Crippen LogP contribution in [0, 0.1) is 0 Å². The summed E-state index contributed by atoms with van der Waals surface area (Å²) < 4.78 is 5.32. The van der Waals surface area contributed by atoms with Crippen molar-refractivity contribution < 1.29 is 9.21 Å². The van der Waals surface area contributed by atoms with E-state index < -0.39 is 5.91 Å². The molecule has 6 nitrogen and oxygen atoms in total. The van der Waals surface area contributed by atoms with Crippen molar-refractivity contribution in [2.75, 3.05) is 18.1 Å². The first kappa shape index (κ1) is 15.8.